The lowest BCUT2D eigenvalue weighted by atomic mass is 9.88. The van der Waals surface area contributed by atoms with Gasteiger partial charge in [-0.1, -0.05) is 18.2 Å². The van der Waals surface area contributed by atoms with Crippen LogP contribution in [0.3, 0.4) is 0 Å². The molecule has 0 spiro atoms. The fourth-order valence-corrected chi connectivity index (χ4v) is 2.86. The summed E-state index contributed by atoms with van der Waals surface area (Å²) in [5, 5.41) is 0. The highest BCUT2D eigenvalue weighted by Gasteiger charge is 2.15. The molecule has 0 atom stereocenters. The summed E-state index contributed by atoms with van der Waals surface area (Å²) in [5.74, 6) is 2.44. The van der Waals surface area contributed by atoms with E-state index in [9.17, 15) is 0 Å². The van der Waals surface area contributed by atoms with Crippen molar-refractivity contribution in [3.8, 4) is 17.2 Å². The van der Waals surface area contributed by atoms with Crippen LogP contribution < -0.4 is 14.2 Å². The Balaban J connectivity index is 1.90. The summed E-state index contributed by atoms with van der Waals surface area (Å²) in [6.45, 7) is 0. The van der Waals surface area contributed by atoms with Gasteiger partial charge in [0.1, 0.15) is 5.75 Å². The van der Waals surface area contributed by atoms with Crippen LogP contribution in [-0.2, 0) is 12.8 Å². The van der Waals surface area contributed by atoms with Gasteiger partial charge >= 0.3 is 0 Å². The van der Waals surface area contributed by atoms with E-state index in [-0.39, 0.29) is 0 Å². The van der Waals surface area contributed by atoms with Crippen LogP contribution in [0, 0.1) is 0 Å². The first-order valence-corrected chi connectivity index (χ1v) is 7.32. The van der Waals surface area contributed by atoms with Crippen molar-refractivity contribution < 1.29 is 14.2 Å². The van der Waals surface area contributed by atoms with E-state index in [0.29, 0.717) is 0 Å². The Morgan fingerprint density at radius 2 is 1.59 bits per heavy atom. The predicted molar refractivity (Wildman–Crippen MR) is 87.9 cm³/mol. The van der Waals surface area contributed by atoms with Gasteiger partial charge in [0, 0.05) is 0 Å². The molecule has 1 aliphatic rings. The zero-order valence-corrected chi connectivity index (χ0v) is 13.2. The fourth-order valence-electron chi connectivity index (χ4n) is 2.86. The van der Waals surface area contributed by atoms with Gasteiger partial charge in [0.25, 0.3) is 0 Å². The Kier molecular flexibility index (Phi) is 4.05. The molecule has 0 bridgehead atoms. The zero-order valence-electron chi connectivity index (χ0n) is 13.2. The second-order valence-electron chi connectivity index (χ2n) is 5.31. The smallest absolute Gasteiger partial charge is 0.161 e. The summed E-state index contributed by atoms with van der Waals surface area (Å²) >= 11 is 0. The molecule has 0 heterocycles. The number of allylic oxidation sites excluding steroid dienone is 2. The van der Waals surface area contributed by atoms with Gasteiger partial charge in [-0.2, -0.15) is 0 Å². The lowest BCUT2D eigenvalue weighted by Gasteiger charge is -2.19. The van der Waals surface area contributed by atoms with E-state index in [1.807, 2.05) is 18.2 Å². The summed E-state index contributed by atoms with van der Waals surface area (Å²) in [5.41, 5.74) is 5.19. The molecule has 1 aliphatic carbocycles. The van der Waals surface area contributed by atoms with Crippen molar-refractivity contribution in [2.75, 3.05) is 21.3 Å². The van der Waals surface area contributed by atoms with Crippen molar-refractivity contribution in [1.82, 2.24) is 0 Å². The first kappa shape index (κ1) is 14.5. The van der Waals surface area contributed by atoms with Crippen molar-refractivity contribution in [2.24, 2.45) is 0 Å². The first-order chi connectivity index (χ1) is 10.7. The first-order valence-electron chi connectivity index (χ1n) is 7.32. The maximum Gasteiger partial charge on any atom is 0.161 e. The van der Waals surface area contributed by atoms with Gasteiger partial charge in [-0.3, -0.25) is 0 Å². The van der Waals surface area contributed by atoms with Gasteiger partial charge in [0.15, 0.2) is 11.5 Å². The third kappa shape index (κ3) is 2.67. The zero-order chi connectivity index (χ0) is 15.5. The average molecular weight is 296 g/mol. The highest BCUT2D eigenvalue weighted by Crippen LogP contribution is 2.34. The van der Waals surface area contributed by atoms with Gasteiger partial charge in [-0.15, -0.1) is 0 Å². The second kappa shape index (κ2) is 6.14. The molecule has 0 saturated carbocycles. The molecule has 0 fully saturated rings. The van der Waals surface area contributed by atoms with Crippen LogP contribution in [0.2, 0.25) is 0 Å². The molecule has 0 N–H and O–H groups in total. The summed E-state index contributed by atoms with van der Waals surface area (Å²) in [6.07, 6.45) is 4.13. The molecule has 0 amide bonds. The summed E-state index contributed by atoms with van der Waals surface area (Å²) in [4.78, 5) is 0. The van der Waals surface area contributed by atoms with Crippen LogP contribution in [0.5, 0.6) is 17.2 Å². The van der Waals surface area contributed by atoms with Crippen LogP contribution in [0.15, 0.2) is 42.5 Å². The molecule has 2 aromatic rings. The quantitative estimate of drug-likeness (QED) is 0.856. The molecular weight excluding hydrogens is 276 g/mol. The molecule has 3 rings (SSSR count). The third-order valence-corrected chi connectivity index (χ3v) is 4.12. The summed E-state index contributed by atoms with van der Waals surface area (Å²) in [6, 6.07) is 12.4. The number of benzene rings is 2. The van der Waals surface area contributed by atoms with Crippen LogP contribution in [0.25, 0.3) is 5.57 Å². The lowest BCUT2D eigenvalue weighted by Crippen LogP contribution is -2.03. The van der Waals surface area contributed by atoms with Crippen LogP contribution in [0.1, 0.15) is 16.7 Å². The highest BCUT2D eigenvalue weighted by molar-refractivity contribution is 5.72. The van der Waals surface area contributed by atoms with Gasteiger partial charge < -0.3 is 14.2 Å². The number of hydrogen-bond acceptors (Lipinski definition) is 3. The normalized spacial score (nSPS) is 13.1. The number of ether oxygens (including phenoxy) is 3. The van der Waals surface area contributed by atoms with E-state index in [1.165, 1.54) is 22.3 Å². The molecule has 0 aliphatic heterocycles. The Morgan fingerprint density at radius 3 is 2.32 bits per heavy atom. The molecular formula is C19H20O3. The number of hydrogen-bond donors (Lipinski definition) is 0. The molecule has 114 valence electrons. The molecule has 0 aromatic heterocycles. The predicted octanol–water partition coefficient (Wildman–Crippen LogP) is 3.89. The maximum absolute atomic E-state index is 5.40. The number of methoxy groups -OCH3 is 3. The topological polar surface area (TPSA) is 27.7 Å². The highest BCUT2D eigenvalue weighted by atomic mass is 16.5. The maximum atomic E-state index is 5.40. The standard InChI is InChI=1S/C19H20O3/c1-20-17-8-6-14-10-13(4-5-15(14)11-17)16-7-9-18(21-2)19(12-16)22-3/h4,6-9,11-12H,5,10H2,1-3H3. The van der Waals surface area contributed by atoms with Crippen molar-refractivity contribution in [3.63, 3.8) is 0 Å². The largest absolute Gasteiger partial charge is 0.497 e. The van der Waals surface area contributed by atoms with E-state index in [2.05, 4.69) is 24.3 Å². The van der Waals surface area contributed by atoms with Crippen LogP contribution >= 0.6 is 0 Å². The Morgan fingerprint density at radius 1 is 0.773 bits per heavy atom. The molecule has 0 radical (unpaired) electrons. The van der Waals surface area contributed by atoms with Gasteiger partial charge in [0.05, 0.1) is 21.3 Å². The summed E-state index contributed by atoms with van der Waals surface area (Å²) < 4.78 is 16.0. The van der Waals surface area contributed by atoms with Crippen molar-refractivity contribution in [3.05, 3.63) is 59.2 Å². The number of fused-ring (bicyclic) bond motifs is 1. The van der Waals surface area contributed by atoms with Crippen molar-refractivity contribution in [2.45, 2.75) is 12.8 Å². The molecule has 2 aromatic carbocycles. The fraction of sp³-hybridized carbons (Fsp3) is 0.263. The SMILES string of the molecule is COc1ccc2c(c1)CC=C(c1ccc(OC)c(OC)c1)C2. The van der Waals surface area contributed by atoms with E-state index in [4.69, 9.17) is 14.2 Å². The van der Waals surface area contributed by atoms with E-state index >= 15 is 0 Å². The molecule has 3 heteroatoms. The Hall–Kier alpha value is -2.42. The van der Waals surface area contributed by atoms with Crippen LogP contribution in [0.4, 0.5) is 0 Å². The van der Waals surface area contributed by atoms with E-state index < -0.39 is 0 Å². The number of rotatable bonds is 4. The minimum atomic E-state index is 0.757. The molecule has 0 unspecified atom stereocenters. The molecule has 0 saturated heterocycles. The minimum absolute atomic E-state index is 0.757. The second-order valence-corrected chi connectivity index (χ2v) is 5.31. The van der Waals surface area contributed by atoms with Crippen molar-refractivity contribution in [1.29, 1.82) is 0 Å². The van der Waals surface area contributed by atoms with Crippen molar-refractivity contribution >= 4 is 5.57 Å². The van der Waals surface area contributed by atoms with E-state index in [1.54, 1.807) is 21.3 Å². The van der Waals surface area contributed by atoms with Gasteiger partial charge in [-0.25, -0.2) is 0 Å². The lowest BCUT2D eigenvalue weighted by molar-refractivity contribution is 0.355. The van der Waals surface area contributed by atoms with E-state index in [0.717, 1.165) is 30.1 Å². The minimum Gasteiger partial charge on any atom is -0.497 e. The molecule has 3 nitrogen and oxygen atoms in total. The van der Waals surface area contributed by atoms with Gasteiger partial charge in [0.2, 0.25) is 0 Å². The summed E-state index contributed by atoms with van der Waals surface area (Å²) in [7, 11) is 5.02. The van der Waals surface area contributed by atoms with Gasteiger partial charge in [-0.05, 0) is 59.4 Å². The Labute approximate surface area is 131 Å². The molecule has 22 heavy (non-hydrogen) atoms. The van der Waals surface area contributed by atoms with Crippen LogP contribution in [-0.4, -0.2) is 21.3 Å². The average Bonchev–Trinajstić information content (AvgIpc) is 2.60. The third-order valence-electron chi connectivity index (χ3n) is 4.12. The monoisotopic (exact) mass is 296 g/mol. The Bertz CT molecular complexity index is 717.